The monoisotopic (exact) mass is 292 g/mol. The van der Waals surface area contributed by atoms with Crippen LogP contribution in [0.4, 0.5) is 4.39 Å². The van der Waals surface area contributed by atoms with Crippen LogP contribution in [0, 0.1) is 18.7 Å². The van der Waals surface area contributed by atoms with Gasteiger partial charge in [-0.2, -0.15) is 0 Å². The molecule has 3 heteroatoms. The summed E-state index contributed by atoms with van der Waals surface area (Å²) >= 11 is 0. The van der Waals surface area contributed by atoms with Crippen LogP contribution in [0.3, 0.4) is 0 Å². The van der Waals surface area contributed by atoms with E-state index in [4.69, 9.17) is 0 Å². The predicted octanol–water partition coefficient (Wildman–Crippen LogP) is 3.39. The van der Waals surface area contributed by atoms with Crippen molar-refractivity contribution in [2.75, 3.05) is 19.6 Å². The lowest BCUT2D eigenvalue weighted by atomic mass is 9.99. The normalized spacial score (nSPS) is 23.7. The van der Waals surface area contributed by atoms with Crippen LogP contribution in [0.5, 0.6) is 0 Å². The molecule has 1 aromatic carbocycles. The third-order valence-electron chi connectivity index (χ3n) is 4.51. The maximum absolute atomic E-state index is 13.2. The van der Waals surface area contributed by atoms with Gasteiger partial charge in [-0.1, -0.05) is 19.9 Å². The molecule has 0 radical (unpaired) electrons. The van der Waals surface area contributed by atoms with Gasteiger partial charge < -0.3 is 5.32 Å². The van der Waals surface area contributed by atoms with Crippen molar-refractivity contribution in [1.29, 1.82) is 0 Å². The second kappa shape index (κ2) is 7.37. The Morgan fingerprint density at radius 3 is 2.81 bits per heavy atom. The van der Waals surface area contributed by atoms with E-state index in [0.29, 0.717) is 12.1 Å². The summed E-state index contributed by atoms with van der Waals surface area (Å²) in [6, 6.07) is 6.33. The van der Waals surface area contributed by atoms with Crippen molar-refractivity contribution < 1.29 is 4.39 Å². The third kappa shape index (κ3) is 4.79. The summed E-state index contributed by atoms with van der Waals surface area (Å²) < 4.78 is 13.2. The van der Waals surface area contributed by atoms with Crippen molar-refractivity contribution in [3.05, 3.63) is 35.1 Å². The van der Waals surface area contributed by atoms with Gasteiger partial charge >= 0.3 is 0 Å². The summed E-state index contributed by atoms with van der Waals surface area (Å²) in [7, 11) is 0. The minimum Gasteiger partial charge on any atom is -0.311 e. The van der Waals surface area contributed by atoms with Crippen molar-refractivity contribution in [2.24, 2.45) is 5.92 Å². The molecule has 0 saturated carbocycles. The number of piperazine rings is 1. The van der Waals surface area contributed by atoms with Crippen LogP contribution in [0.2, 0.25) is 0 Å². The number of hydrogen-bond donors (Lipinski definition) is 1. The molecule has 2 unspecified atom stereocenters. The van der Waals surface area contributed by atoms with E-state index in [1.807, 2.05) is 13.0 Å². The Labute approximate surface area is 128 Å². The van der Waals surface area contributed by atoms with E-state index in [-0.39, 0.29) is 5.82 Å². The predicted molar refractivity (Wildman–Crippen MR) is 87.1 cm³/mol. The third-order valence-corrected chi connectivity index (χ3v) is 4.51. The van der Waals surface area contributed by atoms with Gasteiger partial charge in [0.15, 0.2) is 0 Å². The number of aryl methyl sites for hydroxylation is 1. The number of halogens is 1. The molecule has 1 N–H and O–H groups in total. The largest absolute Gasteiger partial charge is 0.311 e. The lowest BCUT2D eigenvalue weighted by Crippen LogP contribution is -2.56. The first-order valence-corrected chi connectivity index (χ1v) is 8.18. The molecule has 21 heavy (non-hydrogen) atoms. The maximum atomic E-state index is 13.2. The molecule has 0 spiro atoms. The summed E-state index contributed by atoms with van der Waals surface area (Å²) in [5.41, 5.74) is 2.33. The van der Waals surface area contributed by atoms with Gasteiger partial charge in [0, 0.05) is 31.7 Å². The summed E-state index contributed by atoms with van der Waals surface area (Å²) in [5.74, 6) is 0.598. The highest BCUT2D eigenvalue weighted by atomic mass is 19.1. The molecule has 2 atom stereocenters. The fourth-order valence-electron chi connectivity index (χ4n) is 3.24. The van der Waals surface area contributed by atoms with E-state index < -0.39 is 0 Å². The van der Waals surface area contributed by atoms with Gasteiger partial charge in [0.05, 0.1) is 0 Å². The molecule has 1 aliphatic heterocycles. The van der Waals surface area contributed by atoms with Gasteiger partial charge in [-0.15, -0.1) is 0 Å². The summed E-state index contributed by atoms with van der Waals surface area (Å²) in [4.78, 5) is 2.58. The van der Waals surface area contributed by atoms with Crippen molar-refractivity contribution in [3.8, 4) is 0 Å². The van der Waals surface area contributed by atoms with Gasteiger partial charge in [-0.25, -0.2) is 4.39 Å². The summed E-state index contributed by atoms with van der Waals surface area (Å²) in [6.45, 7) is 12.1. The molecule has 1 saturated heterocycles. The Bertz CT molecular complexity index is 459. The molecular weight excluding hydrogens is 263 g/mol. The minimum atomic E-state index is -0.135. The minimum absolute atomic E-state index is 0.135. The van der Waals surface area contributed by atoms with Crippen LogP contribution in [0.25, 0.3) is 0 Å². The Balaban J connectivity index is 1.91. The molecule has 1 heterocycles. The van der Waals surface area contributed by atoms with Crippen LogP contribution >= 0.6 is 0 Å². The van der Waals surface area contributed by atoms with Crippen molar-refractivity contribution in [1.82, 2.24) is 10.2 Å². The van der Waals surface area contributed by atoms with E-state index in [1.165, 1.54) is 12.0 Å². The van der Waals surface area contributed by atoms with Crippen LogP contribution in [-0.4, -0.2) is 36.6 Å². The average molecular weight is 292 g/mol. The first kappa shape index (κ1) is 16.4. The van der Waals surface area contributed by atoms with Gasteiger partial charge in [0.25, 0.3) is 0 Å². The number of nitrogens with zero attached hydrogens (tertiary/aromatic N) is 1. The molecule has 0 aromatic heterocycles. The quantitative estimate of drug-likeness (QED) is 0.895. The van der Waals surface area contributed by atoms with Gasteiger partial charge in [0.2, 0.25) is 0 Å². The molecule has 0 bridgehead atoms. The zero-order chi connectivity index (χ0) is 15.4. The molecule has 0 aliphatic carbocycles. The Kier molecular flexibility index (Phi) is 5.77. The first-order valence-electron chi connectivity index (χ1n) is 8.18. The number of benzene rings is 1. The van der Waals surface area contributed by atoms with Gasteiger partial charge in [-0.05, 0) is 55.9 Å². The van der Waals surface area contributed by atoms with Gasteiger partial charge in [0.1, 0.15) is 5.82 Å². The Morgan fingerprint density at radius 2 is 2.14 bits per heavy atom. The lowest BCUT2D eigenvalue weighted by Gasteiger charge is -2.39. The van der Waals surface area contributed by atoms with Crippen molar-refractivity contribution in [2.45, 2.75) is 52.6 Å². The van der Waals surface area contributed by atoms with Crippen LogP contribution in [0.15, 0.2) is 18.2 Å². The summed E-state index contributed by atoms with van der Waals surface area (Å²) in [5, 5.41) is 3.66. The molecule has 1 fully saturated rings. The number of hydrogen-bond acceptors (Lipinski definition) is 2. The fraction of sp³-hybridized carbons (Fsp3) is 0.667. The highest BCUT2D eigenvalue weighted by Crippen LogP contribution is 2.16. The molecule has 0 amide bonds. The standard InChI is InChI=1S/C18H29FN2/c1-13(2)9-18-12-21(15(4)11-20-18)8-7-16-5-6-17(19)10-14(16)3/h5-6,10,13,15,18,20H,7-9,11-12H2,1-4H3. The molecular formula is C18H29FN2. The van der Waals surface area contributed by atoms with E-state index >= 15 is 0 Å². The first-order chi connectivity index (χ1) is 9.95. The molecule has 118 valence electrons. The highest BCUT2D eigenvalue weighted by molar-refractivity contribution is 5.26. The lowest BCUT2D eigenvalue weighted by molar-refractivity contribution is 0.133. The highest BCUT2D eigenvalue weighted by Gasteiger charge is 2.24. The molecule has 2 rings (SSSR count). The Hall–Kier alpha value is -0.930. The van der Waals surface area contributed by atoms with E-state index in [9.17, 15) is 4.39 Å². The van der Waals surface area contributed by atoms with E-state index in [2.05, 4.69) is 31.0 Å². The Morgan fingerprint density at radius 1 is 1.38 bits per heavy atom. The fourth-order valence-corrected chi connectivity index (χ4v) is 3.24. The van der Waals surface area contributed by atoms with Crippen molar-refractivity contribution >= 4 is 0 Å². The zero-order valence-electron chi connectivity index (χ0n) is 13.8. The van der Waals surface area contributed by atoms with Gasteiger partial charge in [-0.3, -0.25) is 4.90 Å². The molecule has 1 aliphatic rings. The number of rotatable bonds is 5. The van der Waals surface area contributed by atoms with Crippen molar-refractivity contribution in [3.63, 3.8) is 0 Å². The molecule has 1 aromatic rings. The SMILES string of the molecule is Cc1cc(F)ccc1CCN1CC(CC(C)C)NCC1C. The van der Waals surface area contributed by atoms with Crippen LogP contribution in [-0.2, 0) is 6.42 Å². The van der Waals surface area contributed by atoms with Crippen LogP contribution in [0.1, 0.15) is 38.3 Å². The van der Waals surface area contributed by atoms with Crippen LogP contribution < -0.4 is 5.32 Å². The second-order valence-electron chi connectivity index (χ2n) is 6.90. The van der Waals surface area contributed by atoms with E-state index in [1.54, 1.807) is 12.1 Å². The average Bonchev–Trinajstić information content (AvgIpc) is 2.40. The number of nitrogens with one attached hydrogen (secondary N) is 1. The summed E-state index contributed by atoms with van der Waals surface area (Å²) in [6.07, 6.45) is 2.24. The maximum Gasteiger partial charge on any atom is 0.123 e. The smallest absolute Gasteiger partial charge is 0.123 e. The second-order valence-corrected chi connectivity index (χ2v) is 6.90. The van der Waals surface area contributed by atoms with E-state index in [0.717, 1.165) is 37.5 Å². The molecule has 2 nitrogen and oxygen atoms in total. The topological polar surface area (TPSA) is 15.3 Å². The zero-order valence-corrected chi connectivity index (χ0v) is 13.8.